The lowest BCUT2D eigenvalue weighted by Crippen LogP contribution is -2.62. The Morgan fingerprint density at radius 1 is 1.37 bits per heavy atom. The minimum atomic E-state index is -4.54. The molecule has 0 radical (unpaired) electrons. The lowest BCUT2D eigenvalue weighted by molar-refractivity contribution is -0.141. The first-order chi connectivity index (χ1) is 8.88. The first kappa shape index (κ1) is 13.7. The van der Waals surface area contributed by atoms with E-state index >= 15 is 0 Å². The van der Waals surface area contributed by atoms with Crippen molar-refractivity contribution in [3.63, 3.8) is 0 Å². The molecule has 1 saturated heterocycles. The number of nitrogens with zero attached hydrogens (tertiary/aromatic N) is 1. The smallest absolute Gasteiger partial charge is 0.342 e. The van der Waals surface area contributed by atoms with Crippen molar-refractivity contribution < 1.29 is 23.9 Å². The molecule has 102 valence electrons. The quantitative estimate of drug-likeness (QED) is 0.517. The summed E-state index contributed by atoms with van der Waals surface area (Å²) < 4.78 is 11.3. The molecule has 8 heteroatoms. The summed E-state index contributed by atoms with van der Waals surface area (Å²) in [7, 11) is -4.54. The van der Waals surface area contributed by atoms with Gasteiger partial charge in [-0.05, 0) is 5.56 Å². The van der Waals surface area contributed by atoms with E-state index in [9.17, 15) is 14.2 Å². The fourth-order valence-electron chi connectivity index (χ4n) is 1.78. The fraction of sp³-hybridized carbons (Fsp3) is 0.273. The second kappa shape index (κ2) is 5.13. The molecular formula is C11H13N2O5P. The van der Waals surface area contributed by atoms with Gasteiger partial charge in [-0.15, -0.1) is 0 Å². The summed E-state index contributed by atoms with van der Waals surface area (Å²) in [6.07, 6.45) is 0.126. The predicted molar refractivity (Wildman–Crippen MR) is 65.8 cm³/mol. The van der Waals surface area contributed by atoms with E-state index in [0.29, 0.717) is 4.67 Å². The number of hydrogen-bond donors (Lipinski definition) is 3. The topological polar surface area (TPSA) is 107 Å². The highest BCUT2D eigenvalue weighted by atomic mass is 31.2. The van der Waals surface area contributed by atoms with Crippen LogP contribution in [0.1, 0.15) is 5.56 Å². The first-order valence-corrected chi connectivity index (χ1v) is 7.15. The van der Waals surface area contributed by atoms with Crippen LogP contribution >= 0.6 is 7.75 Å². The van der Waals surface area contributed by atoms with Crippen molar-refractivity contribution in [3.05, 3.63) is 35.9 Å². The Morgan fingerprint density at radius 2 is 2.00 bits per heavy atom. The molecule has 1 aliphatic heterocycles. The van der Waals surface area contributed by atoms with Gasteiger partial charge in [0.15, 0.2) is 0 Å². The third kappa shape index (κ3) is 3.20. The molecule has 0 bridgehead atoms. The number of carbonyl (C=O) groups is 2. The van der Waals surface area contributed by atoms with Crippen LogP contribution in [0.5, 0.6) is 0 Å². The van der Waals surface area contributed by atoms with Crippen molar-refractivity contribution in [1.82, 2.24) is 9.99 Å². The molecule has 0 saturated carbocycles. The number of nitrogens with one attached hydrogen (secondary N) is 1. The predicted octanol–water partition coefficient (Wildman–Crippen LogP) is -0.351. The lowest BCUT2D eigenvalue weighted by atomic mass is 10.1. The molecule has 0 aliphatic carbocycles. The van der Waals surface area contributed by atoms with Gasteiger partial charge in [0.1, 0.15) is 6.04 Å². The summed E-state index contributed by atoms with van der Waals surface area (Å²) in [5, 5.41) is 2.44. The highest BCUT2D eigenvalue weighted by Gasteiger charge is 2.46. The van der Waals surface area contributed by atoms with E-state index in [1.54, 1.807) is 24.3 Å². The van der Waals surface area contributed by atoms with Gasteiger partial charge in [0.2, 0.25) is 5.91 Å². The van der Waals surface area contributed by atoms with E-state index in [0.717, 1.165) is 5.56 Å². The molecule has 19 heavy (non-hydrogen) atoms. The standard InChI is InChI=1S/C11H13N2O5P/c14-10(6-8-4-2-1-3-5-8)12-9-7-13(11(9)15)19(16,17)18/h1-5,9H,6-7H2,(H,12,14)(H2,16,17,18)/t9-/m0/s1. The SMILES string of the molecule is O=C(Cc1ccccc1)N[C@H]1CN(P(=O)(O)O)C1=O. The Kier molecular flexibility index (Phi) is 3.71. The third-order valence-corrected chi connectivity index (χ3v) is 3.75. The van der Waals surface area contributed by atoms with Crippen LogP contribution in [0.4, 0.5) is 0 Å². The molecule has 2 amide bonds. The average molecular weight is 284 g/mol. The maximum atomic E-state index is 11.6. The number of amides is 2. The van der Waals surface area contributed by atoms with Gasteiger partial charge >= 0.3 is 7.75 Å². The van der Waals surface area contributed by atoms with Gasteiger partial charge in [-0.25, -0.2) is 9.24 Å². The van der Waals surface area contributed by atoms with Crippen molar-refractivity contribution in [2.24, 2.45) is 0 Å². The zero-order chi connectivity index (χ0) is 14.0. The zero-order valence-electron chi connectivity index (χ0n) is 9.89. The lowest BCUT2D eigenvalue weighted by Gasteiger charge is -2.38. The van der Waals surface area contributed by atoms with Crippen molar-refractivity contribution in [2.75, 3.05) is 6.54 Å². The Balaban J connectivity index is 1.86. The maximum absolute atomic E-state index is 11.6. The monoisotopic (exact) mass is 284 g/mol. The Bertz CT molecular complexity index is 541. The normalized spacial score (nSPS) is 18.9. The molecule has 0 aromatic heterocycles. The Labute approximate surface area is 109 Å². The highest BCUT2D eigenvalue weighted by Crippen LogP contribution is 2.44. The molecule has 7 nitrogen and oxygen atoms in total. The highest BCUT2D eigenvalue weighted by molar-refractivity contribution is 7.50. The van der Waals surface area contributed by atoms with E-state index in [4.69, 9.17) is 9.79 Å². The molecule has 1 heterocycles. The summed E-state index contributed by atoms with van der Waals surface area (Å²) in [4.78, 5) is 40.7. The van der Waals surface area contributed by atoms with E-state index < -0.39 is 19.7 Å². The van der Waals surface area contributed by atoms with Gasteiger partial charge in [-0.2, -0.15) is 0 Å². The van der Waals surface area contributed by atoms with Crippen LogP contribution in [0, 0.1) is 0 Å². The second-order valence-corrected chi connectivity index (χ2v) is 5.73. The van der Waals surface area contributed by atoms with Crippen LogP contribution in [0.3, 0.4) is 0 Å². The number of β-lactam (4-membered cyclic amide) rings is 1. The number of hydrogen-bond acceptors (Lipinski definition) is 3. The summed E-state index contributed by atoms with van der Waals surface area (Å²) in [5.74, 6) is -1.11. The summed E-state index contributed by atoms with van der Waals surface area (Å²) >= 11 is 0. The molecule has 1 aromatic carbocycles. The molecule has 2 rings (SSSR count). The van der Waals surface area contributed by atoms with Crippen molar-refractivity contribution in [2.45, 2.75) is 12.5 Å². The molecule has 0 unspecified atom stereocenters. The molecule has 0 spiro atoms. The molecule has 1 aliphatic rings. The Morgan fingerprint density at radius 3 is 2.53 bits per heavy atom. The van der Waals surface area contributed by atoms with Crippen LogP contribution in [-0.4, -0.2) is 38.9 Å². The Hall–Kier alpha value is -1.69. The van der Waals surface area contributed by atoms with Crippen molar-refractivity contribution in [3.8, 4) is 0 Å². The van der Waals surface area contributed by atoms with E-state index in [1.165, 1.54) is 0 Å². The molecule has 1 atom stereocenters. The van der Waals surface area contributed by atoms with Crippen molar-refractivity contribution in [1.29, 1.82) is 0 Å². The molecule has 3 N–H and O–H groups in total. The zero-order valence-corrected chi connectivity index (χ0v) is 10.8. The largest absolute Gasteiger partial charge is 0.432 e. The molecule has 1 fully saturated rings. The number of benzene rings is 1. The van der Waals surface area contributed by atoms with Crippen LogP contribution in [0.25, 0.3) is 0 Å². The third-order valence-electron chi connectivity index (χ3n) is 2.77. The summed E-state index contributed by atoms with van der Waals surface area (Å²) in [6, 6.07) is 8.14. The van der Waals surface area contributed by atoms with E-state index in [1.807, 2.05) is 6.07 Å². The fourth-order valence-corrected chi connectivity index (χ4v) is 2.55. The van der Waals surface area contributed by atoms with Gasteiger partial charge in [-0.1, -0.05) is 30.3 Å². The van der Waals surface area contributed by atoms with E-state index in [2.05, 4.69) is 5.32 Å². The minimum absolute atomic E-state index is 0.126. The van der Waals surface area contributed by atoms with Crippen LogP contribution in [0.2, 0.25) is 0 Å². The minimum Gasteiger partial charge on any atom is -0.342 e. The summed E-state index contributed by atoms with van der Waals surface area (Å²) in [5.41, 5.74) is 0.804. The van der Waals surface area contributed by atoms with Gasteiger partial charge in [0.25, 0.3) is 5.91 Å². The van der Waals surface area contributed by atoms with Crippen LogP contribution < -0.4 is 5.32 Å². The van der Waals surface area contributed by atoms with Gasteiger partial charge < -0.3 is 15.1 Å². The van der Waals surface area contributed by atoms with Gasteiger partial charge in [0.05, 0.1) is 13.0 Å². The molecular weight excluding hydrogens is 271 g/mol. The first-order valence-electron chi connectivity index (χ1n) is 5.58. The van der Waals surface area contributed by atoms with Crippen LogP contribution in [0.15, 0.2) is 30.3 Å². The second-order valence-electron chi connectivity index (χ2n) is 4.22. The van der Waals surface area contributed by atoms with Crippen molar-refractivity contribution >= 4 is 19.6 Å². The number of carbonyl (C=O) groups excluding carboxylic acids is 2. The maximum Gasteiger partial charge on any atom is 0.432 e. The van der Waals surface area contributed by atoms with Crippen LogP contribution in [-0.2, 0) is 20.6 Å². The number of rotatable bonds is 4. The average Bonchev–Trinajstić information content (AvgIpc) is 2.33. The van der Waals surface area contributed by atoms with E-state index in [-0.39, 0.29) is 18.9 Å². The van der Waals surface area contributed by atoms with Gasteiger partial charge in [0, 0.05) is 0 Å². The molecule has 1 aromatic rings. The van der Waals surface area contributed by atoms with Gasteiger partial charge in [-0.3, -0.25) is 9.59 Å². The summed E-state index contributed by atoms with van der Waals surface area (Å²) in [6.45, 7) is -0.163.